The van der Waals surface area contributed by atoms with Crippen LogP contribution in [0.15, 0.2) is 48.8 Å². The van der Waals surface area contributed by atoms with Gasteiger partial charge in [-0.3, -0.25) is 9.69 Å². The molecular formula is C19H26ClN3S. The number of hydrogen-bond acceptors (Lipinski definition) is 2. The highest BCUT2D eigenvalue weighted by molar-refractivity contribution is 7.80. The molecule has 3 rings (SSSR count). The van der Waals surface area contributed by atoms with Gasteiger partial charge in [0.15, 0.2) is 0 Å². The number of anilines is 1. The summed E-state index contributed by atoms with van der Waals surface area (Å²) in [4.78, 5) is 3.47. The van der Waals surface area contributed by atoms with E-state index in [1.165, 1.54) is 11.3 Å². The third-order valence-corrected chi connectivity index (χ3v) is 4.87. The zero-order valence-electron chi connectivity index (χ0n) is 14.4. The van der Waals surface area contributed by atoms with Crippen molar-refractivity contribution >= 4 is 35.3 Å². The van der Waals surface area contributed by atoms with Crippen LogP contribution in [0, 0.1) is 0 Å². The number of benzene rings is 1. The number of nitrogens with zero attached hydrogens (tertiary/aromatic N) is 3. The predicted molar refractivity (Wildman–Crippen MR) is 109 cm³/mol. The lowest BCUT2D eigenvalue weighted by Gasteiger charge is -2.40. The minimum absolute atomic E-state index is 0. The molecule has 130 valence electrons. The van der Waals surface area contributed by atoms with Gasteiger partial charge in [0.1, 0.15) is 0 Å². The quantitative estimate of drug-likeness (QED) is 0.745. The summed E-state index contributed by atoms with van der Waals surface area (Å²) in [6, 6.07) is 13.4. The van der Waals surface area contributed by atoms with Gasteiger partial charge in [-0.2, -0.15) is 0 Å². The molecule has 3 nitrogen and oxygen atoms in total. The zero-order chi connectivity index (χ0) is 16.2. The lowest BCUT2D eigenvalue weighted by atomic mass is 10.0. The number of halogens is 1. The Balaban J connectivity index is 0.00000208. The molecule has 1 aliphatic rings. The van der Waals surface area contributed by atoms with E-state index in [2.05, 4.69) is 70.3 Å². The SMILES string of the molecule is CCc1ccccc1N1CCC(N(C(C)=S)n2cccc2)CC1.Cl. The molecular weight excluding hydrogens is 338 g/mol. The van der Waals surface area contributed by atoms with Crippen LogP contribution in [-0.2, 0) is 6.42 Å². The third kappa shape index (κ3) is 3.93. The number of thiocarbonyl (C=S) groups is 1. The van der Waals surface area contributed by atoms with Crippen LogP contribution in [0.4, 0.5) is 5.69 Å². The van der Waals surface area contributed by atoms with Crippen LogP contribution in [0.1, 0.15) is 32.3 Å². The maximum absolute atomic E-state index is 5.50. The summed E-state index contributed by atoms with van der Waals surface area (Å²) in [5.41, 5.74) is 2.85. The monoisotopic (exact) mass is 363 g/mol. The van der Waals surface area contributed by atoms with Gasteiger partial charge in [0.05, 0.1) is 11.0 Å². The van der Waals surface area contributed by atoms with E-state index >= 15 is 0 Å². The van der Waals surface area contributed by atoms with E-state index < -0.39 is 0 Å². The molecule has 2 aromatic rings. The Hall–Kier alpha value is -1.52. The second-order valence-corrected chi connectivity index (χ2v) is 6.72. The Morgan fingerprint density at radius 1 is 1.12 bits per heavy atom. The second kappa shape index (κ2) is 8.54. The standard InChI is InChI=1S/C19H25N3S.ClH/c1-3-17-8-4-5-9-19(17)20-14-10-18(11-15-20)22(16(2)23)21-12-6-7-13-21;/h4-9,12-13,18H,3,10-11,14-15H2,1-2H3;1H. The summed E-state index contributed by atoms with van der Waals surface area (Å²) < 4.78 is 2.13. The predicted octanol–water partition coefficient (Wildman–Crippen LogP) is 4.43. The molecule has 1 aliphatic heterocycles. The normalized spacial score (nSPS) is 15.0. The number of aryl methyl sites for hydroxylation is 1. The number of rotatable bonds is 4. The van der Waals surface area contributed by atoms with Crippen molar-refractivity contribution in [2.75, 3.05) is 23.0 Å². The van der Waals surface area contributed by atoms with E-state index in [9.17, 15) is 0 Å². The Morgan fingerprint density at radius 2 is 1.75 bits per heavy atom. The molecule has 0 bridgehead atoms. The number of hydrogen-bond donors (Lipinski definition) is 0. The zero-order valence-corrected chi connectivity index (χ0v) is 16.0. The summed E-state index contributed by atoms with van der Waals surface area (Å²) in [5, 5.41) is 2.26. The molecule has 1 aromatic heterocycles. The van der Waals surface area contributed by atoms with Crippen molar-refractivity contribution in [2.24, 2.45) is 0 Å². The van der Waals surface area contributed by atoms with Gasteiger partial charge < -0.3 is 4.90 Å². The Kier molecular flexibility index (Phi) is 6.69. The van der Waals surface area contributed by atoms with Crippen molar-refractivity contribution in [2.45, 2.75) is 39.2 Å². The van der Waals surface area contributed by atoms with E-state index in [0.29, 0.717) is 6.04 Å². The minimum atomic E-state index is 0. The summed E-state index contributed by atoms with van der Waals surface area (Å²) in [7, 11) is 0. The summed E-state index contributed by atoms with van der Waals surface area (Å²) in [6.07, 6.45) is 7.50. The first-order valence-corrected chi connectivity index (χ1v) is 8.87. The van der Waals surface area contributed by atoms with E-state index in [-0.39, 0.29) is 12.4 Å². The van der Waals surface area contributed by atoms with Crippen LogP contribution in [0.2, 0.25) is 0 Å². The first-order chi connectivity index (χ1) is 11.2. The highest BCUT2D eigenvalue weighted by Crippen LogP contribution is 2.26. The smallest absolute Gasteiger partial charge is 0.0950 e. The summed E-state index contributed by atoms with van der Waals surface area (Å²) in [6.45, 7) is 6.42. The molecule has 2 heterocycles. The maximum atomic E-state index is 5.50. The molecule has 24 heavy (non-hydrogen) atoms. The fourth-order valence-electron chi connectivity index (χ4n) is 3.55. The Labute approximate surface area is 156 Å². The average molecular weight is 364 g/mol. The van der Waals surface area contributed by atoms with Crippen LogP contribution < -0.4 is 9.91 Å². The largest absolute Gasteiger partial charge is 0.371 e. The van der Waals surface area contributed by atoms with E-state index in [0.717, 1.165) is 37.3 Å². The van der Waals surface area contributed by atoms with Crippen LogP contribution in [-0.4, -0.2) is 28.8 Å². The van der Waals surface area contributed by atoms with Crippen LogP contribution >= 0.6 is 24.6 Å². The van der Waals surface area contributed by atoms with Gasteiger partial charge in [-0.1, -0.05) is 37.3 Å². The van der Waals surface area contributed by atoms with Gasteiger partial charge in [0.2, 0.25) is 0 Å². The van der Waals surface area contributed by atoms with Crippen molar-refractivity contribution in [3.05, 3.63) is 54.4 Å². The van der Waals surface area contributed by atoms with Gasteiger partial charge in [-0.05, 0) is 49.9 Å². The van der Waals surface area contributed by atoms with Crippen molar-refractivity contribution in [3.8, 4) is 0 Å². The van der Waals surface area contributed by atoms with E-state index in [1.807, 2.05) is 6.92 Å². The first kappa shape index (κ1) is 18.8. The minimum Gasteiger partial charge on any atom is -0.371 e. The number of aromatic nitrogens is 1. The van der Waals surface area contributed by atoms with Crippen molar-refractivity contribution in [3.63, 3.8) is 0 Å². The van der Waals surface area contributed by atoms with Gasteiger partial charge in [-0.15, -0.1) is 12.4 Å². The van der Waals surface area contributed by atoms with Gasteiger partial charge in [0, 0.05) is 31.2 Å². The van der Waals surface area contributed by atoms with Crippen LogP contribution in [0.5, 0.6) is 0 Å². The molecule has 0 N–H and O–H groups in total. The van der Waals surface area contributed by atoms with E-state index in [1.54, 1.807) is 0 Å². The van der Waals surface area contributed by atoms with Crippen LogP contribution in [0.25, 0.3) is 0 Å². The number of piperidine rings is 1. The first-order valence-electron chi connectivity index (χ1n) is 8.46. The fourth-order valence-corrected chi connectivity index (χ4v) is 3.79. The molecule has 0 amide bonds. The van der Waals surface area contributed by atoms with Gasteiger partial charge in [-0.25, -0.2) is 0 Å². The topological polar surface area (TPSA) is 11.4 Å². The lowest BCUT2D eigenvalue weighted by molar-refractivity contribution is 0.448. The highest BCUT2D eigenvalue weighted by atomic mass is 35.5. The van der Waals surface area contributed by atoms with Gasteiger partial charge in [0.25, 0.3) is 0 Å². The van der Waals surface area contributed by atoms with Crippen LogP contribution in [0.3, 0.4) is 0 Å². The summed E-state index contributed by atoms with van der Waals surface area (Å²) >= 11 is 5.50. The molecule has 0 atom stereocenters. The molecule has 0 unspecified atom stereocenters. The van der Waals surface area contributed by atoms with Crippen molar-refractivity contribution in [1.29, 1.82) is 0 Å². The Morgan fingerprint density at radius 3 is 2.33 bits per heavy atom. The Bertz CT molecular complexity index is 648. The third-order valence-electron chi connectivity index (χ3n) is 4.68. The molecule has 0 saturated carbocycles. The molecule has 1 aromatic carbocycles. The molecule has 1 saturated heterocycles. The van der Waals surface area contributed by atoms with Crippen molar-refractivity contribution < 1.29 is 0 Å². The molecule has 0 spiro atoms. The second-order valence-electron chi connectivity index (χ2n) is 6.13. The summed E-state index contributed by atoms with van der Waals surface area (Å²) in [5.74, 6) is 0. The number of para-hydroxylation sites is 1. The lowest BCUT2D eigenvalue weighted by Crippen LogP contribution is -2.51. The van der Waals surface area contributed by atoms with Crippen molar-refractivity contribution in [1.82, 2.24) is 4.68 Å². The molecule has 0 radical (unpaired) electrons. The molecule has 1 fully saturated rings. The highest BCUT2D eigenvalue weighted by Gasteiger charge is 2.26. The maximum Gasteiger partial charge on any atom is 0.0950 e. The average Bonchev–Trinajstić information content (AvgIpc) is 3.09. The molecule has 5 heteroatoms. The van der Waals surface area contributed by atoms with Gasteiger partial charge >= 0.3 is 0 Å². The molecule has 0 aliphatic carbocycles. The fraction of sp³-hybridized carbons (Fsp3) is 0.421. The van der Waals surface area contributed by atoms with E-state index in [4.69, 9.17) is 12.2 Å².